The van der Waals surface area contributed by atoms with Crippen LogP contribution in [0.15, 0.2) is 24.3 Å². The molecule has 0 amide bonds. The number of allylic oxidation sites excluding steroid dienone is 1. The smallest absolute Gasteiger partial charge is 0.159 e. The summed E-state index contributed by atoms with van der Waals surface area (Å²) in [5.41, 5.74) is 5.27. The third kappa shape index (κ3) is 3.04. The van der Waals surface area contributed by atoms with Crippen molar-refractivity contribution in [1.82, 2.24) is 4.31 Å². The minimum atomic E-state index is -2.45. The summed E-state index contributed by atoms with van der Waals surface area (Å²) < 4.78 is 18.1. The van der Waals surface area contributed by atoms with Crippen LogP contribution in [-0.2, 0) is 15.9 Å². The molecule has 2 aromatic rings. The van der Waals surface area contributed by atoms with E-state index in [-0.39, 0.29) is 16.9 Å². The standard InChI is InChI=1S/C29H34ClN2O2PS2/c1-28(2,3)37(34)32-15-19(13-29(32)6-4-7-29)31-14-17-9-22(17)24-11-18(30)10-23(26(24)31)21-5-8-35(37)25-12-20(16-33)36-27(21)25/h5,8,10-12,17,19,22,33H,4,6-7,9,13-16H2,1-3H3/t17-,19+,22?,37?/m0/s1. The van der Waals surface area contributed by atoms with E-state index in [1.54, 1.807) is 11.3 Å². The maximum Gasteiger partial charge on any atom is 0.159 e. The number of thiophene rings is 1. The van der Waals surface area contributed by atoms with E-state index in [0.717, 1.165) is 42.3 Å². The summed E-state index contributed by atoms with van der Waals surface area (Å²) >= 11 is 8.51. The average molecular weight is 573 g/mol. The number of aliphatic hydroxyl groups is 1. The van der Waals surface area contributed by atoms with E-state index in [9.17, 15) is 5.11 Å². The summed E-state index contributed by atoms with van der Waals surface area (Å²) in [5, 5.41) is 12.2. The zero-order valence-electron chi connectivity index (χ0n) is 21.7. The molecule has 196 valence electrons. The molecule has 4 unspecified atom stereocenters. The van der Waals surface area contributed by atoms with Crippen molar-refractivity contribution in [3.05, 3.63) is 56.3 Å². The van der Waals surface area contributed by atoms with Gasteiger partial charge in [-0.3, -0.25) is 0 Å². The molecule has 8 heteroatoms. The van der Waals surface area contributed by atoms with Gasteiger partial charge < -0.3 is 10.0 Å². The molecule has 7 aliphatic rings. The Morgan fingerprint density at radius 2 is 2.14 bits per heavy atom. The highest BCUT2D eigenvalue weighted by Crippen LogP contribution is 2.62. The third-order valence-corrected chi connectivity index (χ3v) is 20.6. The first-order valence-corrected chi connectivity index (χ1v) is 18.4. The Bertz CT molecular complexity index is 1520. The summed E-state index contributed by atoms with van der Waals surface area (Å²) in [6, 6.07) is 6.96. The van der Waals surface area contributed by atoms with Crippen molar-refractivity contribution in [1.29, 1.82) is 0 Å². The number of nitrogens with zero attached hydrogens (tertiary/aromatic N) is 2. The molecule has 37 heavy (non-hydrogen) atoms. The molecule has 1 aromatic heterocycles. The molecule has 1 aromatic carbocycles. The number of halogens is 1. The SMILES string of the molecule is CC(C)(C)S1(=O)=[P+]2[CH-]C=C(c3cc(Cl)cc4c3N(C[C@@H]3CC43)[C@H]3CN1C1(CCC1)C3)c1[s+][c-](CO)cc12. The lowest BCUT2D eigenvalue weighted by molar-refractivity contribution is 0.130. The van der Waals surface area contributed by atoms with E-state index in [0.29, 0.717) is 17.9 Å². The second kappa shape index (κ2) is 7.59. The molecule has 6 atom stereocenters. The zero-order valence-corrected chi connectivity index (χ0v) is 25.0. The maximum atomic E-state index is 15.9. The lowest BCUT2D eigenvalue weighted by Crippen LogP contribution is -2.55. The van der Waals surface area contributed by atoms with Crippen molar-refractivity contribution in [3.63, 3.8) is 0 Å². The minimum absolute atomic E-state index is 0.0179. The highest BCUT2D eigenvalue weighted by Gasteiger charge is 2.60. The Balaban J connectivity index is 1.50. The molecule has 4 bridgehead atoms. The Kier molecular flexibility index (Phi) is 4.89. The number of hydrogen-bond acceptors (Lipinski definition) is 3. The fraction of sp³-hybridized carbons (Fsp3) is 0.552. The van der Waals surface area contributed by atoms with Crippen LogP contribution in [0.4, 0.5) is 5.69 Å². The fourth-order valence-electron chi connectivity index (χ4n) is 7.86. The number of fused-ring (bicyclic) bond motifs is 3. The normalized spacial score (nSPS) is 35.1. The topological polar surface area (TPSA) is 43.8 Å². The van der Waals surface area contributed by atoms with Gasteiger partial charge in [-0.15, -0.1) is 0 Å². The van der Waals surface area contributed by atoms with Crippen molar-refractivity contribution in [2.45, 2.75) is 81.7 Å². The van der Waals surface area contributed by atoms with Gasteiger partial charge in [-0.1, -0.05) is 29.3 Å². The summed E-state index contributed by atoms with van der Waals surface area (Å²) in [6.07, 6.45) is 10.5. The van der Waals surface area contributed by atoms with Gasteiger partial charge in [-0.2, -0.15) is 16.0 Å². The van der Waals surface area contributed by atoms with Gasteiger partial charge in [0.1, 0.15) is 4.88 Å². The van der Waals surface area contributed by atoms with Gasteiger partial charge in [0.25, 0.3) is 0 Å². The summed E-state index contributed by atoms with van der Waals surface area (Å²) in [5.74, 6) is 1.32. The number of benzene rings is 1. The van der Waals surface area contributed by atoms with Crippen LogP contribution in [0, 0.1) is 12.1 Å². The molecule has 1 spiro atoms. The van der Waals surface area contributed by atoms with Crippen LogP contribution in [0.25, 0.3) is 5.57 Å². The van der Waals surface area contributed by atoms with Crippen LogP contribution in [0.3, 0.4) is 0 Å². The lowest BCUT2D eigenvalue weighted by Gasteiger charge is -2.48. The first-order chi connectivity index (χ1) is 17.6. The van der Waals surface area contributed by atoms with Crippen molar-refractivity contribution in [3.8, 4) is 0 Å². The maximum absolute atomic E-state index is 15.9. The third-order valence-electron chi connectivity index (χ3n) is 9.82. The molecule has 9 rings (SSSR count). The van der Waals surface area contributed by atoms with E-state index >= 15 is 4.21 Å². The molecular formula is C29H34ClN2O2PS2. The van der Waals surface area contributed by atoms with Crippen molar-refractivity contribution < 1.29 is 9.32 Å². The van der Waals surface area contributed by atoms with Crippen LogP contribution < -0.4 is 10.2 Å². The van der Waals surface area contributed by atoms with E-state index in [1.807, 2.05) is 0 Å². The second-order valence-corrected chi connectivity index (χ2v) is 21.2. The van der Waals surface area contributed by atoms with Crippen molar-refractivity contribution in [2.24, 2.45) is 5.92 Å². The predicted molar refractivity (Wildman–Crippen MR) is 157 cm³/mol. The largest absolute Gasteiger partial charge is 0.399 e. The van der Waals surface area contributed by atoms with Crippen molar-refractivity contribution >= 4 is 55.5 Å². The van der Waals surface area contributed by atoms with E-state index in [2.05, 4.69) is 60.4 Å². The number of aliphatic hydroxyl groups excluding tert-OH is 1. The monoisotopic (exact) mass is 572 g/mol. The van der Waals surface area contributed by atoms with Gasteiger partial charge in [0.05, 0.1) is 39.6 Å². The van der Waals surface area contributed by atoms with Gasteiger partial charge in [-0.25, -0.2) is 4.21 Å². The predicted octanol–water partition coefficient (Wildman–Crippen LogP) is 6.46. The lowest BCUT2D eigenvalue weighted by atomic mass is 9.75. The van der Waals surface area contributed by atoms with Crippen molar-refractivity contribution in [2.75, 3.05) is 18.0 Å². The van der Waals surface area contributed by atoms with Crippen LogP contribution >= 0.6 is 29.6 Å². The highest BCUT2D eigenvalue weighted by atomic mass is 35.5. The zero-order chi connectivity index (χ0) is 25.5. The number of rotatable bonds is 1. The molecular weight excluding hydrogens is 539 g/mol. The molecule has 0 radical (unpaired) electrons. The summed E-state index contributed by atoms with van der Waals surface area (Å²) in [7, 11) is -2.45. The molecule has 6 heterocycles. The van der Waals surface area contributed by atoms with Gasteiger partial charge in [0.15, 0.2) is 9.30 Å². The molecule has 1 saturated heterocycles. The van der Waals surface area contributed by atoms with Gasteiger partial charge >= 0.3 is 0 Å². The Hall–Kier alpha value is -1.01. The van der Waals surface area contributed by atoms with Crippen LogP contribution in [0.2, 0.25) is 5.02 Å². The van der Waals surface area contributed by atoms with Gasteiger partial charge in [0.2, 0.25) is 0 Å². The molecule has 1 N–H and O–H groups in total. The highest BCUT2D eigenvalue weighted by molar-refractivity contribution is 8.32. The molecule has 2 aliphatic carbocycles. The molecule has 2 saturated carbocycles. The molecule has 3 fully saturated rings. The molecule has 4 nitrogen and oxygen atoms in total. The fourth-order valence-corrected chi connectivity index (χ4v) is 18.9. The Morgan fingerprint density at radius 3 is 2.84 bits per heavy atom. The summed E-state index contributed by atoms with van der Waals surface area (Å²) in [4.78, 5) is 4.88. The quantitative estimate of drug-likeness (QED) is 0.242. The average Bonchev–Trinajstić information content (AvgIpc) is 3.30. The first kappa shape index (κ1) is 23.8. The van der Waals surface area contributed by atoms with E-state index < -0.39 is 16.0 Å². The van der Waals surface area contributed by atoms with Gasteiger partial charge in [-0.05, 0) is 82.5 Å². The van der Waals surface area contributed by atoms with Crippen LogP contribution in [0.1, 0.15) is 79.7 Å². The minimum Gasteiger partial charge on any atom is -0.399 e. The van der Waals surface area contributed by atoms with Crippen LogP contribution in [-0.4, -0.2) is 43.0 Å². The molecule has 5 aliphatic heterocycles. The number of hydrogen-bond donors (Lipinski definition) is 1. The van der Waals surface area contributed by atoms with E-state index in [1.165, 1.54) is 45.4 Å². The van der Waals surface area contributed by atoms with E-state index in [4.69, 9.17) is 11.6 Å². The summed E-state index contributed by atoms with van der Waals surface area (Å²) in [6.45, 7) is 7.52. The Labute approximate surface area is 230 Å². The van der Waals surface area contributed by atoms with Gasteiger partial charge in [0, 0.05) is 35.4 Å². The van der Waals surface area contributed by atoms with Crippen LogP contribution in [0.5, 0.6) is 0 Å². The second-order valence-electron chi connectivity index (χ2n) is 12.9. The first-order valence-electron chi connectivity index (χ1n) is 13.7. The Morgan fingerprint density at radius 1 is 1.32 bits per heavy atom. The number of anilines is 1.